The summed E-state index contributed by atoms with van der Waals surface area (Å²) in [6.45, 7) is 3.68. The Labute approximate surface area is 256 Å². The summed E-state index contributed by atoms with van der Waals surface area (Å²) in [4.78, 5) is 0. The molecule has 0 unspecified atom stereocenters. The molecule has 0 heterocycles. The number of allylic oxidation sites excluding steroid dienone is 1. The topological polar surface area (TPSA) is 9.23 Å². The van der Waals surface area contributed by atoms with Crippen molar-refractivity contribution in [3.63, 3.8) is 0 Å². The Bertz CT molecular complexity index is 1880. The average Bonchev–Trinajstić information content (AvgIpc) is 2.98. The van der Waals surface area contributed by atoms with Crippen molar-refractivity contribution in [2.24, 2.45) is 0 Å². The average molecular weight is 647 g/mol. The van der Waals surface area contributed by atoms with E-state index in [1.54, 1.807) is 24.3 Å². The molecular weight excluding hydrogens is 626 g/mol. The molecule has 5 rings (SSSR count). The van der Waals surface area contributed by atoms with Crippen LogP contribution in [0.5, 0.6) is 5.75 Å². The first-order valence-corrected chi connectivity index (χ1v) is 13.5. The van der Waals surface area contributed by atoms with E-state index < -0.39 is 75.1 Å². The third-order valence-corrected chi connectivity index (χ3v) is 7.07. The maximum absolute atomic E-state index is 15.2. The van der Waals surface area contributed by atoms with Crippen LogP contribution in [0.25, 0.3) is 33.4 Å². The zero-order chi connectivity index (χ0) is 33.3. The molecule has 0 aliphatic heterocycles. The molecule has 0 atom stereocenters. The van der Waals surface area contributed by atoms with E-state index in [2.05, 4.69) is 11.3 Å². The minimum atomic E-state index is -4.90. The van der Waals surface area contributed by atoms with Gasteiger partial charge in [-0.25, -0.2) is 35.1 Å². The second-order valence-corrected chi connectivity index (χ2v) is 10.2. The van der Waals surface area contributed by atoms with Gasteiger partial charge in [-0.3, -0.25) is 0 Å². The molecule has 5 aromatic carbocycles. The smallest absolute Gasteiger partial charge is 0.429 e. The van der Waals surface area contributed by atoms with E-state index in [0.29, 0.717) is 23.3 Å². The van der Waals surface area contributed by atoms with E-state index in [1.807, 2.05) is 12.1 Å². The van der Waals surface area contributed by atoms with Crippen LogP contribution in [0.15, 0.2) is 91.5 Å². The summed E-state index contributed by atoms with van der Waals surface area (Å²) in [6, 6.07) is 13.3. The zero-order valence-electron chi connectivity index (χ0n) is 23.4. The predicted molar refractivity (Wildman–Crippen MR) is 152 cm³/mol. The Morgan fingerprint density at radius 2 is 1.09 bits per heavy atom. The van der Waals surface area contributed by atoms with Crippen LogP contribution in [0.4, 0.5) is 43.9 Å². The quantitative estimate of drug-likeness (QED) is 0.0880. The molecule has 0 bridgehead atoms. The van der Waals surface area contributed by atoms with Crippen molar-refractivity contribution in [3.05, 3.63) is 149 Å². The standard InChI is InChI=1S/C35H20F10O/c1-2-3-4-18-5-7-19(8-6-18)20-9-10-24(25(36)11-20)21-12-26(37)32(27(38)13-21)22-14-28(39)33(29(40)15-22)35(44,45)46-23-16-30(41)34(43)31(42)17-23/h2,5-17H,1,3-4H2. The van der Waals surface area contributed by atoms with Gasteiger partial charge in [0.15, 0.2) is 17.5 Å². The van der Waals surface area contributed by atoms with Crippen molar-refractivity contribution in [1.29, 1.82) is 0 Å². The van der Waals surface area contributed by atoms with Crippen molar-refractivity contribution in [3.8, 4) is 39.1 Å². The Kier molecular flexibility index (Phi) is 8.96. The zero-order valence-corrected chi connectivity index (χ0v) is 23.4. The molecule has 0 aliphatic carbocycles. The van der Waals surface area contributed by atoms with E-state index in [-0.39, 0.29) is 35.4 Å². The molecule has 0 radical (unpaired) electrons. The molecule has 46 heavy (non-hydrogen) atoms. The molecule has 0 fully saturated rings. The van der Waals surface area contributed by atoms with Crippen LogP contribution in [-0.2, 0) is 12.5 Å². The number of aryl methyl sites for hydroxylation is 1. The fourth-order valence-corrected chi connectivity index (χ4v) is 4.85. The Morgan fingerprint density at radius 1 is 0.565 bits per heavy atom. The van der Waals surface area contributed by atoms with Gasteiger partial charge < -0.3 is 4.74 Å². The number of alkyl halides is 2. The highest BCUT2D eigenvalue weighted by molar-refractivity contribution is 5.75. The van der Waals surface area contributed by atoms with E-state index in [4.69, 9.17) is 0 Å². The predicted octanol–water partition coefficient (Wildman–Crippen LogP) is 11.0. The first-order valence-electron chi connectivity index (χ1n) is 13.5. The summed E-state index contributed by atoms with van der Waals surface area (Å²) in [5.74, 6) is -14.7. The second-order valence-electron chi connectivity index (χ2n) is 10.2. The lowest BCUT2D eigenvalue weighted by Gasteiger charge is -2.20. The fourth-order valence-electron chi connectivity index (χ4n) is 4.85. The maximum atomic E-state index is 15.2. The van der Waals surface area contributed by atoms with Crippen LogP contribution < -0.4 is 4.74 Å². The number of benzene rings is 5. The van der Waals surface area contributed by atoms with Gasteiger partial charge >= 0.3 is 6.11 Å². The van der Waals surface area contributed by atoms with Crippen molar-refractivity contribution >= 4 is 0 Å². The van der Waals surface area contributed by atoms with Gasteiger partial charge in [0.2, 0.25) is 0 Å². The molecular formula is C35H20F10O. The lowest BCUT2D eigenvalue weighted by Crippen LogP contribution is -2.25. The van der Waals surface area contributed by atoms with Crippen molar-refractivity contribution in [2.45, 2.75) is 19.0 Å². The highest BCUT2D eigenvalue weighted by Gasteiger charge is 2.42. The first-order chi connectivity index (χ1) is 21.8. The molecule has 5 aromatic rings. The number of ether oxygens (including phenoxy) is 1. The van der Waals surface area contributed by atoms with Gasteiger partial charge in [0, 0.05) is 17.7 Å². The molecule has 11 heteroatoms. The Morgan fingerprint density at radius 3 is 1.63 bits per heavy atom. The van der Waals surface area contributed by atoms with Crippen molar-refractivity contribution in [1.82, 2.24) is 0 Å². The van der Waals surface area contributed by atoms with Crippen LogP contribution in [0, 0.1) is 46.5 Å². The Balaban J connectivity index is 1.43. The molecule has 0 saturated heterocycles. The van der Waals surface area contributed by atoms with Crippen LogP contribution in [0.3, 0.4) is 0 Å². The van der Waals surface area contributed by atoms with Crippen molar-refractivity contribution < 1.29 is 48.6 Å². The van der Waals surface area contributed by atoms with Gasteiger partial charge in [-0.15, -0.1) is 6.58 Å². The largest absolute Gasteiger partial charge is 0.432 e. The summed E-state index contributed by atoms with van der Waals surface area (Å²) in [5, 5.41) is 0. The molecule has 0 amide bonds. The molecule has 0 aromatic heterocycles. The first kappa shape index (κ1) is 32.3. The number of hydrogen-bond donors (Lipinski definition) is 0. The van der Waals surface area contributed by atoms with Gasteiger partial charge in [-0.1, -0.05) is 42.5 Å². The van der Waals surface area contributed by atoms with Gasteiger partial charge in [-0.05, 0) is 71.0 Å². The SMILES string of the molecule is C=CCCc1ccc(-c2ccc(-c3cc(F)c(-c4cc(F)c(C(F)(F)Oc5cc(F)c(F)c(F)c5)c(F)c4)c(F)c3)c(F)c2)cc1. The third-order valence-electron chi connectivity index (χ3n) is 7.07. The van der Waals surface area contributed by atoms with E-state index in [0.717, 1.165) is 18.4 Å². The number of halogens is 10. The van der Waals surface area contributed by atoms with Crippen molar-refractivity contribution in [2.75, 3.05) is 0 Å². The molecule has 0 saturated carbocycles. The van der Waals surface area contributed by atoms with Gasteiger partial charge in [0.1, 0.15) is 40.4 Å². The normalized spacial score (nSPS) is 11.5. The summed E-state index contributed by atoms with van der Waals surface area (Å²) in [5.41, 5.74) is -2.07. The lowest BCUT2D eigenvalue weighted by atomic mass is 9.95. The van der Waals surface area contributed by atoms with Gasteiger partial charge in [0.25, 0.3) is 0 Å². The maximum Gasteiger partial charge on any atom is 0.432 e. The van der Waals surface area contributed by atoms with E-state index >= 15 is 13.2 Å². The van der Waals surface area contributed by atoms with E-state index in [9.17, 15) is 30.7 Å². The minimum absolute atomic E-state index is 0.0299. The second kappa shape index (κ2) is 12.7. The molecule has 1 nitrogen and oxygen atoms in total. The molecule has 236 valence electrons. The minimum Gasteiger partial charge on any atom is -0.429 e. The number of rotatable bonds is 9. The van der Waals surface area contributed by atoms with Gasteiger partial charge in [-0.2, -0.15) is 8.78 Å². The Hall–Kier alpha value is -5.06. The monoisotopic (exact) mass is 646 g/mol. The molecule has 0 spiro atoms. The molecule has 0 N–H and O–H groups in total. The number of hydrogen-bond acceptors (Lipinski definition) is 1. The summed E-state index contributed by atoms with van der Waals surface area (Å²) in [7, 11) is 0. The van der Waals surface area contributed by atoms with Crippen LogP contribution in [0.1, 0.15) is 17.5 Å². The highest BCUT2D eigenvalue weighted by Crippen LogP contribution is 2.39. The summed E-state index contributed by atoms with van der Waals surface area (Å²) < 4.78 is 148. The summed E-state index contributed by atoms with van der Waals surface area (Å²) in [6.07, 6.45) is -1.53. The van der Waals surface area contributed by atoms with E-state index in [1.165, 1.54) is 12.1 Å². The lowest BCUT2D eigenvalue weighted by molar-refractivity contribution is -0.189. The fraction of sp³-hybridized carbons (Fsp3) is 0.0857. The summed E-state index contributed by atoms with van der Waals surface area (Å²) >= 11 is 0. The highest BCUT2D eigenvalue weighted by atomic mass is 19.3. The molecule has 0 aliphatic rings. The third kappa shape index (κ3) is 6.49. The van der Waals surface area contributed by atoms with Crippen LogP contribution in [0.2, 0.25) is 0 Å². The van der Waals surface area contributed by atoms with Gasteiger partial charge in [0.05, 0.1) is 5.56 Å². The van der Waals surface area contributed by atoms with Crippen LogP contribution in [-0.4, -0.2) is 0 Å². The van der Waals surface area contributed by atoms with Crippen LogP contribution >= 0.6 is 0 Å².